The average Bonchev–Trinajstić information content (AvgIpc) is 3.03. The van der Waals surface area contributed by atoms with Crippen LogP contribution >= 0.6 is 0 Å². The Morgan fingerprint density at radius 2 is 2.18 bits per heavy atom. The van der Waals surface area contributed by atoms with Crippen LogP contribution in [0.15, 0.2) is 16.9 Å². The zero-order chi connectivity index (χ0) is 16.3. The van der Waals surface area contributed by atoms with Crippen molar-refractivity contribution in [2.45, 2.75) is 40.2 Å². The maximum absolute atomic E-state index is 12.3. The standard InChI is InChI=1S/C15H23N5O2/c1-6-12-14(10(4)19-22-12)18-15(21)17-13(9(2)3)11-7-16-20(5)8-11/h7-9,13H,6H2,1-5H3,(H2,17,18,21). The van der Waals surface area contributed by atoms with E-state index in [1.165, 1.54) is 0 Å². The van der Waals surface area contributed by atoms with Gasteiger partial charge in [-0.1, -0.05) is 25.9 Å². The molecule has 0 saturated carbocycles. The van der Waals surface area contributed by atoms with Gasteiger partial charge in [0, 0.05) is 25.2 Å². The van der Waals surface area contributed by atoms with Gasteiger partial charge in [-0.25, -0.2) is 4.79 Å². The molecule has 0 spiro atoms. The molecule has 0 aromatic carbocycles. The Morgan fingerprint density at radius 1 is 1.45 bits per heavy atom. The number of nitrogens with one attached hydrogen (secondary N) is 2. The number of urea groups is 1. The molecule has 0 fully saturated rings. The van der Waals surface area contributed by atoms with Crippen LogP contribution in [0.25, 0.3) is 0 Å². The average molecular weight is 305 g/mol. The minimum Gasteiger partial charge on any atom is -0.359 e. The number of aryl methyl sites for hydroxylation is 3. The van der Waals surface area contributed by atoms with Crippen LogP contribution in [0.2, 0.25) is 0 Å². The molecular weight excluding hydrogens is 282 g/mol. The first-order chi connectivity index (χ1) is 10.4. The lowest BCUT2D eigenvalue weighted by atomic mass is 9.99. The van der Waals surface area contributed by atoms with Gasteiger partial charge in [0.15, 0.2) is 5.76 Å². The molecule has 1 atom stereocenters. The second-order valence-electron chi connectivity index (χ2n) is 5.69. The van der Waals surface area contributed by atoms with Crippen LogP contribution in [0.4, 0.5) is 10.5 Å². The molecule has 2 heterocycles. The van der Waals surface area contributed by atoms with E-state index in [1.807, 2.05) is 20.2 Å². The van der Waals surface area contributed by atoms with Gasteiger partial charge in [0.1, 0.15) is 11.4 Å². The van der Waals surface area contributed by atoms with Gasteiger partial charge in [-0.3, -0.25) is 4.68 Å². The van der Waals surface area contributed by atoms with Gasteiger partial charge in [-0.15, -0.1) is 0 Å². The second-order valence-corrected chi connectivity index (χ2v) is 5.69. The van der Waals surface area contributed by atoms with E-state index in [4.69, 9.17) is 4.52 Å². The van der Waals surface area contributed by atoms with E-state index in [2.05, 4.69) is 34.7 Å². The number of rotatable bonds is 5. The third kappa shape index (κ3) is 3.47. The van der Waals surface area contributed by atoms with Crippen molar-refractivity contribution in [3.8, 4) is 0 Å². The lowest BCUT2D eigenvalue weighted by Crippen LogP contribution is -2.35. The number of hydrogen-bond donors (Lipinski definition) is 2. The van der Waals surface area contributed by atoms with Crippen molar-refractivity contribution in [2.24, 2.45) is 13.0 Å². The van der Waals surface area contributed by atoms with E-state index in [-0.39, 0.29) is 18.0 Å². The van der Waals surface area contributed by atoms with E-state index in [0.29, 0.717) is 23.6 Å². The van der Waals surface area contributed by atoms with Gasteiger partial charge >= 0.3 is 6.03 Å². The van der Waals surface area contributed by atoms with Crippen LogP contribution in [-0.2, 0) is 13.5 Å². The van der Waals surface area contributed by atoms with Gasteiger partial charge in [-0.2, -0.15) is 5.10 Å². The van der Waals surface area contributed by atoms with Crippen LogP contribution < -0.4 is 10.6 Å². The number of carbonyl (C=O) groups excluding carboxylic acids is 1. The number of nitrogens with zero attached hydrogens (tertiary/aromatic N) is 3. The van der Waals surface area contributed by atoms with Crippen molar-refractivity contribution in [3.05, 3.63) is 29.4 Å². The summed E-state index contributed by atoms with van der Waals surface area (Å²) in [6.07, 6.45) is 4.35. The fourth-order valence-corrected chi connectivity index (χ4v) is 2.34. The van der Waals surface area contributed by atoms with E-state index in [1.54, 1.807) is 17.8 Å². The van der Waals surface area contributed by atoms with Crippen molar-refractivity contribution in [1.29, 1.82) is 0 Å². The van der Waals surface area contributed by atoms with Crippen molar-refractivity contribution in [3.63, 3.8) is 0 Å². The summed E-state index contributed by atoms with van der Waals surface area (Å²) in [7, 11) is 1.86. The molecule has 0 aliphatic heterocycles. The molecule has 0 bridgehead atoms. The molecule has 22 heavy (non-hydrogen) atoms. The lowest BCUT2D eigenvalue weighted by Gasteiger charge is -2.21. The number of aromatic nitrogens is 3. The summed E-state index contributed by atoms with van der Waals surface area (Å²) < 4.78 is 6.91. The highest BCUT2D eigenvalue weighted by Crippen LogP contribution is 2.23. The third-order valence-corrected chi connectivity index (χ3v) is 3.53. The highest BCUT2D eigenvalue weighted by atomic mass is 16.5. The quantitative estimate of drug-likeness (QED) is 0.889. The van der Waals surface area contributed by atoms with Crippen LogP contribution in [0, 0.1) is 12.8 Å². The Morgan fingerprint density at radius 3 is 2.73 bits per heavy atom. The van der Waals surface area contributed by atoms with Crippen LogP contribution in [0.5, 0.6) is 0 Å². The van der Waals surface area contributed by atoms with Crippen LogP contribution in [-0.4, -0.2) is 21.0 Å². The number of carbonyl (C=O) groups is 1. The van der Waals surface area contributed by atoms with Gasteiger partial charge in [0.2, 0.25) is 0 Å². The predicted molar refractivity (Wildman–Crippen MR) is 83.6 cm³/mol. The number of hydrogen-bond acceptors (Lipinski definition) is 4. The Hall–Kier alpha value is -2.31. The zero-order valence-electron chi connectivity index (χ0n) is 13.7. The molecule has 7 nitrogen and oxygen atoms in total. The first-order valence-electron chi connectivity index (χ1n) is 7.43. The molecule has 0 aliphatic rings. The highest BCUT2D eigenvalue weighted by Gasteiger charge is 2.21. The molecule has 7 heteroatoms. The number of anilines is 1. The summed E-state index contributed by atoms with van der Waals surface area (Å²) in [5.74, 6) is 0.916. The summed E-state index contributed by atoms with van der Waals surface area (Å²) in [4.78, 5) is 12.3. The Labute approximate surface area is 130 Å². The molecule has 120 valence electrons. The number of amides is 2. The minimum absolute atomic E-state index is 0.112. The Balaban J connectivity index is 2.10. The molecule has 2 rings (SSSR count). The van der Waals surface area contributed by atoms with Crippen LogP contribution in [0.3, 0.4) is 0 Å². The van der Waals surface area contributed by atoms with E-state index in [0.717, 1.165) is 5.56 Å². The second kappa shape index (κ2) is 6.64. The summed E-state index contributed by atoms with van der Waals surface area (Å²) in [6.45, 7) is 7.87. The molecule has 0 aliphatic carbocycles. The first kappa shape index (κ1) is 16.1. The SMILES string of the molecule is CCc1onc(C)c1NC(=O)NC(c1cnn(C)c1)C(C)C. The summed E-state index contributed by atoms with van der Waals surface area (Å²) in [6, 6.07) is -0.387. The topological polar surface area (TPSA) is 85.0 Å². The maximum Gasteiger partial charge on any atom is 0.319 e. The van der Waals surface area contributed by atoms with E-state index >= 15 is 0 Å². The summed E-state index contributed by atoms with van der Waals surface area (Å²) in [5.41, 5.74) is 2.30. The normalized spacial score (nSPS) is 12.5. The fraction of sp³-hybridized carbons (Fsp3) is 0.533. The third-order valence-electron chi connectivity index (χ3n) is 3.53. The maximum atomic E-state index is 12.3. The Kier molecular flexibility index (Phi) is 4.85. The van der Waals surface area contributed by atoms with Crippen molar-refractivity contribution in [1.82, 2.24) is 20.3 Å². The minimum atomic E-state index is -0.274. The van der Waals surface area contributed by atoms with Crippen molar-refractivity contribution >= 4 is 11.7 Å². The van der Waals surface area contributed by atoms with Gasteiger partial charge in [0.05, 0.1) is 12.2 Å². The summed E-state index contributed by atoms with van der Waals surface area (Å²) in [5, 5.41) is 13.9. The monoisotopic (exact) mass is 305 g/mol. The molecule has 2 aromatic heterocycles. The zero-order valence-corrected chi connectivity index (χ0v) is 13.7. The van der Waals surface area contributed by atoms with Crippen LogP contribution in [0.1, 0.15) is 43.8 Å². The largest absolute Gasteiger partial charge is 0.359 e. The molecule has 2 amide bonds. The van der Waals surface area contributed by atoms with E-state index in [9.17, 15) is 4.79 Å². The predicted octanol–water partition coefficient (Wildman–Crippen LogP) is 2.80. The molecule has 2 N–H and O–H groups in total. The van der Waals surface area contributed by atoms with E-state index < -0.39 is 0 Å². The lowest BCUT2D eigenvalue weighted by molar-refractivity contribution is 0.244. The van der Waals surface area contributed by atoms with Gasteiger partial charge in [0.25, 0.3) is 0 Å². The smallest absolute Gasteiger partial charge is 0.319 e. The molecule has 2 aromatic rings. The van der Waals surface area contributed by atoms with Crippen molar-refractivity contribution in [2.75, 3.05) is 5.32 Å². The molecule has 0 saturated heterocycles. The first-order valence-corrected chi connectivity index (χ1v) is 7.43. The Bertz CT molecular complexity index is 644. The van der Waals surface area contributed by atoms with Crippen molar-refractivity contribution < 1.29 is 9.32 Å². The molecule has 1 unspecified atom stereocenters. The summed E-state index contributed by atoms with van der Waals surface area (Å²) >= 11 is 0. The fourth-order valence-electron chi connectivity index (χ4n) is 2.34. The highest BCUT2D eigenvalue weighted by molar-refractivity contribution is 5.90. The molecule has 0 radical (unpaired) electrons. The van der Waals surface area contributed by atoms with Gasteiger partial charge in [-0.05, 0) is 12.8 Å². The molecular formula is C15H23N5O2. The van der Waals surface area contributed by atoms with Gasteiger partial charge < -0.3 is 15.2 Å².